The summed E-state index contributed by atoms with van der Waals surface area (Å²) in [6, 6.07) is 7.47. The number of nitrogens with zero attached hydrogens (tertiary/aromatic N) is 2. The minimum Gasteiger partial charge on any atom is -0.493 e. The molecule has 0 aliphatic carbocycles. The van der Waals surface area contributed by atoms with E-state index < -0.39 is 0 Å². The van der Waals surface area contributed by atoms with Gasteiger partial charge >= 0.3 is 0 Å². The van der Waals surface area contributed by atoms with Crippen LogP contribution in [0.25, 0.3) is 6.08 Å². The van der Waals surface area contributed by atoms with Crippen LogP contribution in [0.1, 0.15) is 24.5 Å². The number of methoxy groups -OCH3 is 3. The number of fused-ring (bicyclic) bond motifs is 1. The van der Waals surface area contributed by atoms with Crippen molar-refractivity contribution in [2.45, 2.75) is 26.5 Å². The summed E-state index contributed by atoms with van der Waals surface area (Å²) in [5.41, 5.74) is 1.66. The average molecular weight is 563 g/mol. The Morgan fingerprint density at radius 3 is 2.40 bits per heavy atom. The van der Waals surface area contributed by atoms with Crippen LogP contribution in [-0.2, 0) is 13.2 Å². The van der Waals surface area contributed by atoms with Gasteiger partial charge in [-0.25, -0.2) is 0 Å². The van der Waals surface area contributed by atoms with E-state index in [4.69, 9.17) is 23.7 Å². The zero-order valence-electron chi connectivity index (χ0n) is 20.1. The second-order valence-corrected chi connectivity index (χ2v) is 9.53. The molecule has 186 valence electrons. The molecule has 2 heterocycles. The van der Waals surface area contributed by atoms with E-state index in [0.717, 1.165) is 28.9 Å². The highest BCUT2D eigenvalue weighted by molar-refractivity contribution is 9.10. The number of hydrogen-bond donors (Lipinski definition) is 0. The molecule has 0 saturated heterocycles. The predicted molar refractivity (Wildman–Crippen MR) is 138 cm³/mol. The van der Waals surface area contributed by atoms with Crippen molar-refractivity contribution in [2.75, 3.05) is 34.5 Å². The van der Waals surface area contributed by atoms with E-state index in [1.165, 1.54) is 11.3 Å². The molecular formula is C25H27BrN2O6S. The SMILES string of the molecule is CCOc1cc(/C=c2\sc3n(c2=O)CCCN=3)cc(Br)c1OCc1cc(OC)c(OC)c(OC)c1. The molecule has 1 aromatic heterocycles. The van der Waals surface area contributed by atoms with Crippen molar-refractivity contribution in [3.05, 3.63) is 59.6 Å². The van der Waals surface area contributed by atoms with Gasteiger partial charge in [-0.15, -0.1) is 0 Å². The van der Waals surface area contributed by atoms with Crippen LogP contribution in [0.4, 0.5) is 0 Å². The van der Waals surface area contributed by atoms with E-state index in [1.54, 1.807) is 25.9 Å². The van der Waals surface area contributed by atoms with Crippen molar-refractivity contribution in [3.63, 3.8) is 0 Å². The van der Waals surface area contributed by atoms with Crippen molar-refractivity contribution in [1.29, 1.82) is 0 Å². The first-order valence-electron chi connectivity index (χ1n) is 11.1. The van der Waals surface area contributed by atoms with Gasteiger partial charge in [0.1, 0.15) is 6.61 Å². The lowest BCUT2D eigenvalue weighted by Crippen LogP contribution is -2.33. The molecule has 35 heavy (non-hydrogen) atoms. The van der Waals surface area contributed by atoms with Gasteiger partial charge in [0.05, 0.1) is 36.9 Å². The van der Waals surface area contributed by atoms with Gasteiger partial charge in [0.2, 0.25) is 5.75 Å². The molecule has 3 aromatic rings. The van der Waals surface area contributed by atoms with Gasteiger partial charge in [-0.2, -0.15) is 0 Å². The zero-order chi connectivity index (χ0) is 24.9. The summed E-state index contributed by atoms with van der Waals surface area (Å²) >= 11 is 5.03. The first-order chi connectivity index (χ1) is 17.0. The fourth-order valence-electron chi connectivity index (χ4n) is 3.83. The number of aromatic nitrogens is 1. The molecule has 1 aliphatic heterocycles. The number of ether oxygens (including phenoxy) is 5. The third-order valence-electron chi connectivity index (χ3n) is 5.41. The quantitative estimate of drug-likeness (QED) is 0.397. The summed E-state index contributed by atoms with van der Waals surface area (Å²) in [7, 11) is 4.71. The Balaban J connectivity index is 1.66. The van der Waals surface area contributed by atoms with Crippen molar-refractivity contribution < 1.29 is 23.7 Å². The fraction of sp³-hybridized carbons (Fsp3) is 0.360. The van der Waals surface area contributed by atoms with Crippen LogP contribution < -0.4 is 38.6 Å². The van der Waals surface area contributed by atoms with E-state index >= 15 is 0 Å². The van der Waals surface area contributed by atoms with Crippen molar-refractivity contribution in [1.82, 2.24) is 4.57 Å². The lowest BCUT2D eigenvalue weighted by Gasteiger charge is -2.17. The molecule has 0 saturated carbocycles. The molecular weight excluding hydrogens is 536 g/mol. The lowest BCUT2D eigenvalue weighted by atomic mass is 10.1. The number of hydrogen-bond acceptors (Lipinski definition) is 8. The van der Waals surface area contributed by atoms with E-state index in [0.29, 0.717) is 50.9 Å². The number of halogens is 1. The molecule has 0 atom stereocenters. The summed E-state index contributed by atoms with van der Waals surface area (Å²) < 4.78 is 31.4. The van der Waals surface area contributed by atoms with Crippen LogP contribution in [0, 0.1) is 0 Å². The standard InChI is InChI=1S/C25H27BrN2O6S/c1-5-33-20-10-15(13-21-24(29)28-8-6-7-27-25(28)35-21)9-17(26)22(20)34-14-16-11-18(30-2)23(32-4)19(12-16)31-3/h9-13H,5-8,14H2,1-4H3/b21-13-. The third kappa shape index (κ3) is 5.33. The minimum atomic E-state index is -0.00902. The summed E-state index contributed by atoms with van der Waals surface area (Å²) in [4.78, 5) is 18.0. The minimum absolute atomic E-state index is 0.00902. The Kier molecular flexibility index (Phi) is 8.02. The van der Waals surface area contributed by atoms with Gasteiger partial charge in [-0.3, -0.25) is 14.4 Å². The molecule has 8 nitrogen and oxygen atoms in total. The smallest absolute Gasteiger partial charge is 0.270 e. The second-order valence-electron chi connectivity index (χ2n) is 7.67. The fourth-order valence-corrected chi connectivity index (χ4v) is 5.43. The Hall–Kier alpha value is -2.98. The molecule has 2 aromatic carbocycles. The van der Waals surface area contributed by atoms with Gasteiger partial charge in [0.25, 0.3) is 5.56 Å². The molecule has 0 N–H and O–H groups in total. The average Bonchev–Trinajstić information content (AvgIpc) is 3.18. The van der Waals surface area contributed by atoms with Crippen LogP contribution in [0.5, 0.6) is 28.7 Å². The molecule has 0 spiro atoms. The summed E-state index contributed by atoms with van der Waals surface area (Å²) in [5, 5.41) is 0. The summed E-state index contributed by atoms with van der Waals surface area (Å²) in [6.07, 6.45) is 2.76. The molecule has 0 radical (unpaired) electrons. The first-order valence-corrected chi connectivity index (χ1v) is 12.7. The molecule has 1 aliphatic rings. The van der Waals surface area contributed by atoms with Crippen LogP contribution in [0.2, 0.25) is 0 Å². The van der Waals surface area contributed by atoms with Crippen LogP contribution >= 0.6 is 27.3 Å². The maximum Gasteiger partial charge on any atom is 0.270 e. The molecule has 0 fully saturated rings. The van der Waals surface area contributed by atoms with E-state index in [1.807, 2.05) is 37.3 Å². The van der Waals surface area contributed by atoms with Gasteiger partial charge in [-0.05, 0) is 70.7 Å². The zero-order valence-corrected chi connectivity index (χ0v) is 22.5. The van der Waals surface area contributed by atoms with Gasteiger partial charge in [0.15, 0.2) is 27.8 Å². The normalized spacial score (nSPS) is 13.1. The topological polar surface area (TPSA) is 80.5 Å². The molecule has 10 heteroatoms. The van der Waals surface area contributed by atoms with Crippen molar-refractivity contribution in [3.8, 4) is 28.7 Å². The molecule has 0 bridgehead atoms. The third-order valence-corrected chi connectivity index (χ3v) is 7.05. The molecule has 4 rings (SSSR count). The predicted octanol–water partition coefficient (Wildman–Crippen LogP) is 3.53. The van der Waals surface area contributed by atoms with Crippen LogP contribution in [-0.4, -0.2) is 39.0 Å². The molecule has 0 amide bonds. The van der Waals surface area contributed by atoms with Gasteiger partial charge in [0, 0.05) is 13.1 Å². The maximum atomic E-state index is 12.8. The van der Waals surface area contributed by atoms with Crippen molar-refractivity contribution >= 4 is 33.3 Å². The summed E-state index contributed by atoms with van der Waals surface area (Å²) in [5.74, 6) is 2.77. The highest BCUT2D eigenvalue weighted by atomic mass is 79.9. The Labute approximate surface area is 215 Å². The second kappa shape index (κ2) is 11.2. The van der Waals surface area contributed by atoms with Gasteiger partial charge < -0.3 is 23.7 Å². The number of rotatable bonds is 9. The molecule has 0 unspecified atom stereocenters. The first kappa shape index (κ1) is 25.1. The Bertz CT molecular complexity index is 1370. The maximum absolute atomic E-state index is 12.8. The lowest BCUT2D eigenvalue weighted by molar-refractivity contribution is 0.265. The van der Waals surface area contributed by atoms with Gasteiger partial charge in [-0.1, -0.05) is 11.3 Å². The van der Waals surface area contributed by atoms with E-state index in [-0.39, 0.29) is 12.2 Å². The van der Waals surface area contributed by atoms with Crippen LogP contribution in [0.3, 0.4) is 0 Å². The monoisotopic (exact) mass is 562 g/mol. The Morgan fingerprint density at radius 2 is 1.77 bits per heavy atom. The van der Waals surface area contributed by atoms with Crippen molar-refractivity contribution in [2.24, 2.45) is 4.99 Å². The number of benzene rings is 2. The highest BCUT2D eigenvalue weighted by Crippen LogP contribution is 2.40. The largest absolute Gasteiger partial charge is 0.493 e. The van der Waals surface area contributed by atoms with E-state index in [9.17, 15) is 4.79 Å². The van der Waals surface area contributed by atoms with Crippen LogP contribution in [0.15, 0.2) is 38.5 Å². The number of thiazole rings is 1. The highest BCUT2D eigenvalue weighted by Gasteiger charge is 2.16. The van der Waals surface area contributed by atoms with E-state index in [2.05, 4.69) is 20.9 Å². The Morgan fingerprint density at radius 1 is 1.03 bits per heavy atom. The summed E-state index contributed by atoms with van der Waals surface area (Å²) in [6.45, 7) is 4.10.